The lowest BCUT2D eigenvalue weighted by Gasteiger charge is -2.36. The first-order valence-electron chi connectivity index (χ1n) is 10.0. The quantitative estimate of drug-likeness (QED) is 0.672. The minimum Gasteiger partial charge on any atom is -0.322 e. The molecule has 3 aliphatic rings. The predicted octanol–water partition coefficient (Wildman–Crippen LogP) is 0.925. The van der Waals surface area contributed by atoms with Crippen molar-refractivity contribution in [2.75, 3.05) is 13.1 Å². The van der Waals surface area contributed by atoms with Gasteiger partial charge in [0, 0.05) is 44.2 Å². The summed E-state index contributed by atoms with van der Waals surface area (Å²) in [6, 6.07) is 5.61. The molecule has 3 N–H and O–H groups in total. The van der Waals surface area contributed by atoms with Crippen molar-refractivity contribution in [3.05, 3.63) is 34.9 Å². The molecule has 0 spiro atoms. The monoisotopic (exact) mass is 384 g/mol. The van der Waals surface area contributed by atoms with E-state index in [2.05, 4.69) is 35.9 Å². The highest BCUT2D eigenvalue weighted by Gasteiger charge is 2.39. The molecule has 2 unspecified atom stereocenters. The van der Waals surface area contributed by atoms with E-state index >= 15 is 0 Å². The summed E-state index contributed by atoms with van der Waals surface area (Å²) in [4.78, 5) is 38.2. The Morgan fingerprint density at radius 3 is 2.82 bits per heavy atom. The number of benzene rings is 1. The normalized spacial score (nSPS) is 26.9. The van der Waals surface area contributed by atoms with Gasteiger partial charge in [-0.2, -0.15) is 0 Å². The van der Waals surface area contributed by atoms with Gasteiger partial charge >= 0.3 is 0 Å². The molecule has 150 valence electrons. The van der Waals surface area contributed by atoms with E-state index in [9.17, 15) is 14.4 Å². The maximum absolute atomic E-state index is 12.9. The molecule has 2 saturated heterocycles. The first-order valence-corrected chi connectivity index (χ1v) is 10.0. The molecule has 28 heavy (non-hydrogen) atoms. The minimum absolute atomic E-state index is 0.119. The number of carbonyl (C=O) groups excluding carboxylic acids is 3. The zero-order chi connectivity index (χ0) is 19.9. The topological polar surface area (TPSA) is 90.5 Å². The Morgan fingerprint density at radius 2 is 2.07 bits per heavy atom. The molecule has 0 radical (unpaired) electrons. The molecule has 0 bridgehead atoms. The molecule has 1 aromatic carbocycles. The van der Waals surface area contributed by atoms with Crippen LogP contribution in [0, 0.1) is 5.41 Å². The highest BCUT2D eigenvalue weighted by Crippen LogP contribution is 2.30. The number of nitrogens with one attached hydrogen (secondary N) is 3. The number of piperidine rings is 2. The van der Waals surface area contributed by atoms with Crippen molar-refractivity contribution in [2.24, 2.45) is 5.41 Å². The Hall–Kier alpha value is -2.25. The number of hydrogen-bond acceptors (Lipinski definition) is 5. The van der Waals surface area contributed by atoms with Crippen LogP contribution in [0.5, 0.6) is 0 Å². The maximum Gasteiger partial charge on any atom is 0.255 e. The van der Waals surface area contributed by atoms with E-state index in [-0.39, 0.29) is 29.6 Å². The highest BCUT2D eigenvalue weighted by molar-refractivity contribution is 6.05. The molecule has 0 saturated carbocycles. The molecule has 3 aliphatic heterocycles. The van der Waals surface area contributed by atoms with Gasteiger partial charge in [-0.1, -0.05) is 26.0 Å². The van der Waals surface area contributed by atoms with Gasteiger partial charge in [0.25, 0.3) is 5.91 Å². The van der Waals surface area contributed by atoms with E-state index in [1.807, 2.05) is 12.1 Å². The molecule has 3 amide bonds. The van der Waals surface area contributed by atoms with Crippen molar-refractivity contribution in [3.8, 4) is 0 Å². The molecule has 4 rings (SSSR count). The number of nitrogens with zero attached hydrogens (tertiary/aromatic N) is 1. The third-order valence-electron chi connectivity index (χ3n) is 6.05. The Kier molecular flexibility index (Phi) is 4.97. The zero-order valence-corrected chi connectivity index (χ0v) is 16.5. The molecular formula is C21H28N4O3. The molecule has 2 atom stereocenters. The van der Waals surface area contributed by atoms with E-state index < -0.39 is 6.04 Å². The number of hydrogen-bond donors (Lipinski definition) is 3. The van der Waals surface area contributed by atoms with E-state index in [0.29, 0.717) is 31.1 Å². The second-order valence-corrected chi connectivity index (χ2v) is 8.92. The summed E-state index contributed by atoms with van der Waals surface area (Å²) >= 11 is 0. The van der Waals surface area contributed by atoms with E-state index in [4.69, 9.17) is 0 Å². The average Bonchev–Trinajstić information content (AvgIpc) is 2.97. The fourth-order valence-corrected chi connectivity index (χ4v) is 4.61. The fourth-order valence-electron chi connectivity index (χ4n) is 4.61. The summed E-state index contributed by atoms with van der Waals surface area (Å²) in [5.41, 5.74) is 3.04. The van der Waals surface area contributed by atoms with Crippen LogP contribution in [0.1, 0.15) is 54.6 Å². The maximum atomic E-state index is 12.9. The van der Waals surface area contributed by atoms with Crippen molar-refractivity contribution < 1.29 is 14.4 Å². The SMILES string of the molecule is CC1(C)CNCC(NCc2cccc3c2CN(C2CCC(=O)NC2=O)C3=O)C1. The summed E-state index contributed by atoms with van der Waals surface area (Å²) in [5.74, 6) is -0.751. The minimum atomic E-state index is -0.568. The van der Waals surface area contributed by atoms with Crippen LogP contribution in [0.25, 0.3) is 0 Å². The van der Waals surface area contributed by atoms with E-state index in [0.717, 1.165) is 30.6 Å². The van der Waals surface area contributed by atoms with Gasteiger partial charge in [0.15, 0.2) is 0 Å². The number of rotatable bonds is 4. The second kappa shape index (κ2) is 7.29. The van der Waals surface area contributed by atoms with Crippen LogP contribution in [0.15, 0.2) is 18.2 Å². The summed E-state index contributed by atoms with van der Waals surface area (Å²) in [5, 5.41) is 9.47. The number of carbonyl (C=O) groups is 3. The van der Waals surface area contributed by atoms with Crippen molar-refractivity contribution in [2.45, 2.75) is 58.3 Å². The van der Waals surface area contributed by atoms with Crippen LogP contribution in [0.4, 0.5) is 0 Å². The van der Waals surface area contributed by atoms with Crippen molar-refractivity contribution in [3.63, 3.8) is 0 Å². The molecule has 7 heteroatoms. The van der Waals surface area contributed by atoms with Crippen molar-refractivity contribution in [1.82, 2.24) is 20.9 Å². The smallest absolute Gasteiger partial charge is 0.255 e. The van der Waals surface area contributed by atoms with Gasteiger partial charge in [-0.3, -0.25) is 19.7 Å². The highest BCUT2D eigenvalue weighted by atomic mass is 16.2. The van der Waals surface area contributed by atoms with Gasteiger partial charge in [0.1, 0.15) is 6.04 Å². The average molecular weight is 384 g/mol. The predicted molar refractivity (Wildman–Crippen MR) is 104 cm³/mol. The van der Waals surface area contributed by atoms with Crippen LogP contribution >= 0.6 is 0 Å². The molecule has 0 aromatic heterocycles. The number of imide groups is 1. The standard InChI is InChI=1S/C21H28N4O3/c1-21(2)8-14(10-22-12-21)23-9-13-4-3-5-15-16(13)11-25(20(15)28)17-6-7-18(26)24-19(17)27/h3-5,14,17,22-23H,6-12H2,1-2H3,(H,24,26,27). The summed E-state index contributed by atoms with van der Waals surface area (Å²) in [6.07, 6.45) is 1.77. The van der Waals surface area contributed by atoms with Gasteiger partial charge in [0.2, 0.25) is 11.8 Å². The van der Waals surface area contributed by atoms with E-state index in [1.165, 1.54) is 0 Å². The lowest BCUT2D eigenvalue weighted by atomic mass is 9.82. The number of amides is 3. The van der Waals surface area contributed by atoms with Crippen LogP contribution in [-0.4, -0.2) is 47.8 Å². The van der Waals surface area contributed by atoms with Crippen molar-refractivity contribution in [1.29, 1.82) is 0 Å². The summed E-state index contributed by atoms with van der Waals surface area (Å²) in [7, 11) is 0. The first kappa shape index (κ1) is 19.1. The summed E-state index contributed by atoms with van der Waals surface area (Å²) < 4.78 is 0. The Labute approximate surface area is 165 Å². The Bertz CT molecular complexity index is 820. The largest absolute Gasteiger partial charge is 0.322 e. The Balaban J connectivity index is 1.47. The van der Waals surface area contributed by atoms with Gasteiger partial charge in [-0.15, -0.1) is 0 Å². The first-order chi connectivity index (χ1) is 13.3. The van der Waals surface area contributed by atoms with Gasteiger partial charge in [-0.25, -0.2) is 0 Å². The second-order valence-electron chi connectivity index (χ2n) is 8.92. The van der Waals surface area contributed by atoms with Crippen LogP contribution in [-0.2, 0) is 22.7 Å². The van der Waals surface area contributed by atoms with Crippen LogP contribution in [0.2, 0.25) is 0 Å². The lowest BCUT2D eigenvalue weighted by molar-refractivity contribution is -0.136. The molecule has 3 heterocycles. The third kappa shape index (κ3) is 3.69. The molecule has 1 aromatic rings. The van der Waals surface area contributed by atoms with Gasteiger partial charge in [0.05, 0.1) is 0 Å². The third-order valence-corrected chi connectivity index (χ3v) is 6.05. The van der Waals surface area contributed by atoms with Crippen LogP contribution < -0.4 is 16.0 Å². The molecular weight excluding hydrogens is 356 g/mol. The lowest BCUT2D eigenvalue weighted by Crippen LogP contribution is -2.52. The van der Waals surface area contributed by atoms with E-state index in [1.54, 1.807) is 4.90 Å². The molecule has 7 nitrogen and oxygen atoms in total. The van der Waals surface area contributed by atoms with Crippen molar-refractivity contribution >= 4 is 17.7 Å². The van der Waals surface area contributed by atoms with Gasteiger partial charge in [-0.05, 0) is 35.4 Å². The summed E-state index contributed by atoms with van der Waals surface area (Å²) in [6.45, 7) is 7.63. The van der Waals surface area contributed by atoms with Gasteiger partial charge < -0.3 is 15.5 Å². The zero-order valence-electron chi connectivity index (χ0n) is 16.5. The fraction of sp³-hybridized carbons (Fsp3) is 0.571. The van der Waals surface area contributed by atoms with Crippen LogP contribution in [0.3, 0.4) is 0 Å². The molecule has 0 aliphatic carbocycles. The Morgan fingerprint density at radius 1 is 1.25 bits per heavy atom. The molecule has 2 fully saturated rings. The number of fused-ring (bicyclic) bond motifs is 1.